The third-order valence-corrected chi connectivity index (χ3v) is 7.04. The van der Waals surface area contributed by atoms with Crippen molar-refractivity contribution in [1.82, 2.24) is 0 Å². The van der Waals surface area contributed by atoms with Crippen LogP contribution in [0.4, 0.5) is 0 Å². The molecule has 0 aromatic heterocycles. The summed E-state index contributed by atoms with van der Waals surface area (Å²) >= 11 is 0. The minimum absolute atomic E-state index is 0.0619. The second-order valence-electron chi connectivity index (χ2n) is 8.83. The minimum atomic E-state index is -0.695. The normalized spacial score (nSPS) is 23.8. The molecule has 2 fully saturated rings. The molecular weight excluding hydrogens is 412 g/mol. The lowest BCUT2D eigenvalue weighted by Gasteiger charge is -2.34. The first-order valence-electron chi connectivity index (χ1n) is 11.3. The van der Waals surface area contributed by atoms with Gasteiger partial charge >= 0.3 is 0 Å². The lowest BCUT2D eigenvalue weighted by Crippen LogP contribution is -2.41. The van der Waals surface area contributed by atoms with Crippen LogP contribution in [0.2, 0.25) is 0 Å². The zero-order chi connectivity index (χ0) is 22.8. The van der Waals surface area contributed by atoms with Gasteiger partial charge in [0.2, 0.25) is 0 Å². The van der Waals surface area contributed by atoms with Gasteiger partial charge in [-0.1, -0.05) is 60.7 Å². The lowest BCUT2D eigenvalue weighted by molar-refractivity contribution is -0.137. The van der Waals surface area contributed by atoms with Gasteiger partial charge in [0.1, 0.15) is 11.5 Å². The van der Waals surface area contributed by atoms with E-state index in [-0.39, 0.29) is 11.8 Å². The van der Waals surface area contributed by atoms with Gasteiger partial charge in [0.05, 0.1) is 32.8 Å². The number of fused-ring (bicyclic) bond motifs is 2. The molecule has 33 heavy (non-hydrogen) atoms. The fourth-order valence-corrected chi connectivity index (χ4v) is 5.30. The van der Waals surface area contributed by atoms with E-state index in [0.717, 1.165) is 34.6 Å². The molecule has 0 spiro atoms. The molecule has 2 aliphatic rings. The molecule has 0 radical (unpaired) electrons. The van der Waals surface area contributed by atoms with E-state index in [1.807, 2.05) is 66.7 Å². The Balaban J connectivity index is 1.68. The standard InChI is InChI=1S/C29H28O4/c1-31-24-12-8-20(9-13-24)26(21-10-14-25(32-2)15-11-21)17-29-19-33-18-23(28(29)30)16-27(29)22-6-4-3-5-7-22/h3-15,17,23,27H,16,18-19H2,1-2H3/t23-,27-,29+/m1/s1. The molecule has 4 nitrogen and oxygen atoms in total. The quantitative estimate of drug-likeness (QED) is 0.506. The van der Waals surface area contributed by atoms with Crippen molar-refractivity contribution in [2.75, 3.05) is 27.4 Å². The predicted molar refractivity (Wildman–Crippen MR) is 129 cm³/mol. The lowest BCUT2D eigenvalue weighted by atomic mass is 9.71. The molecule has 1 aliphatic heterocycles. The highest BCUT2D eigenvalue weighted by Gasteiger charge is 2.56. The van der Waals surface area contributed by atoms with Gasteiger partial charge in [0, 0.05) is 11.8 Å². The smallest absolute Gasteiger partial charge is 0.151 e. The highest BCUT2D eigenvalue weighted by Crippen LogP contribution is 2.54. The number of Topliss-reactive ketones (excluding diaryl/α,β-unsaturated/α-hetero) is 1. The highest BCUT2D eigenvalue weighted by molar-refractivity contribution is 5.96. The van der Waals surface area contributed by atoms with Gasteiger partial charge in [-0.3, -0.25) is 4.79 Å². The monoisotopic (exact) mass is 440 g/mol. The van der Waals surface area contributed by atoms with Crippen molar-refractivity contribution in [3.05, 3.63) is 102 Å². The van der Waals surface area contributed by atoms with Crippen molar-refractivity contribution < 1.29 is 19.0 Å². The molecule has 3 aromatic carbocycles. The van der Waals surface area contributed by atoms with Crippen LogP contribution in [0.5, 0.6) is 11.5 Å². The summed E-state index contributed by atoms with van der Waals surface area (Å²) in [6.45, 7) is 0.913. The Morgan fingerprint density at radius 1 is 0.879 bits per heavy atom. The number of hydrogen-bond donors (Lipinski definition) is 0. The molecule has 5 rings (SSSR count). The van der Waals surface area contributed by atoms with Crippen LogP contribution in [-0.4, -0.2) is 33.2 Å². The fraction of sp³-hybridized carbons (Fsp3) is 0.276. The molecule has 3 atom stereocenters. The average Bonchev–Trinajstić information content (AvgIpc) is 3.02. The second kappa shape index (κ2) is 8.87. The van der Waals surface area contributed by atoms with E-state index in [2.05, 4.69) is 18.2 Å². The van der Waals surface area contributed by atoms with Gasteiger partial charge in [-0.25, -0.2) is 0 Å². The van der Waals surface area contributed by atoms with E-state index in [9.17, 15) is 4.79 Å². The molecule has 1 saturated carbocycles. The second-order valence-corrected chi connectivity index (χ2v) is 8.83. The molecule has 1 heterocycles. The molecule has 1 aliphatic carbocycles. The van der Waals surface area contributed by atoms with E-state index in [1.54, 1.807) is 14.2 Å². The van der Waals surface area contributed by atoms with Crippen LogP contribution < -0.4 is 9.47 Å². The Morgan fingerprint density at radius 3 is 2.00 bits per heavy atom. The molecular formula is C29H28O4. The van der Waals surface area contributed by atoms with Crippen molar-refractivity contribution in [2.24, 2.45) is 11.3 Å². The molecule has 0 N–H and O–H groups in total. The van der Waals surface area contributed by atoms with Crippen molar-refractivity contribution >= 4 is 11.4 Å². The molecule has 0 amide bonds. The van der Waals surface area contributed by atoms with Crippen LogP contribution in [0.1, 0.15) is 29.0 Å². The largest absolute Gasteiger partial charge is 0.497 e. The van der Waals surface area contributed by atoms with Crippen molar-refractivity contribution in [1.29, 1.82) is 0 Å². The maximum Gasteiger partial charge on any atom is 0.151 e. The summed E-state index contributed by atoms with van der Waals surface area (Å²) in [5.41, 5.74) is 3.58. The third-order valence-electron chi connectivity index (χ3n) is 7.04. The van der Waals surface area contributed by atoms with Gasteiger partial charge in [0.15, 0.2) is 5.78 Å². The van der Waals surface area contributed by atoms with Gasteiger partial charge in [-0.15, -0.1) is 0 Å². The van der Waals surface area contributed by atoms with Crippen LogP contribution in [0.15, 0.2) is 84.9 Å². The summed E-state index contributed by atoms with van der Waals surface area (Å²) in [5.74, 6) is 1.91. The molecule has 3 aromatic rings. The van der Waals surface area contributed by atoms with Crippen LogP contribution >= 0.6 is 0 Å². The number of hydrogen-bond acceptors (Lipinski definition) is 4. The fourth-order valence-electron chi connectivity index (χ4n) is 5.30. The topological polar surface area (TPSA) is 44.8 Å². The predicted octanol–water partition coefficient (Wildman–Crippen LogP) is 5.52. The van der Waals surface area contributed by atoms with Gasteiger partial charge in [0.25, 0.3) is 0 Å². The molecule has 168 valence electrons. The summed E-state index contributed by atoms with van der Waals surface area (Å²) in [6.07, 6.45) is 2.99. The summed E-state index contributed by atoms with van der Waals surface area (Å²) in [6, 6.07) is 26.4. The molecule has 2 bridgehead atoms. The van der Waals surface area contributed by atoms with Gasteiger partial charge in [-0.2, -0.15) is 0 Å². The zero-order valence-corrected chi connectivity index (χ0v) is 19.0. The average molecular weight is 441 g/mol. The van der Waals surface area contributed by atoms with Crippen LogP contribution in [-0.2, 0) is 9.53 Å². The highest BCUT2D eigenvalue weighted by atomic mass is 16.5. The van der Waals surface area contributed by atoms with Crippen molar-refractivity contribution in [2.45, 2.75) is 12.3 Å². The Bertz CT molecular complexity index is 1100. The Morgan fingerprint density at radius 2 is 1.45 bits per heavy atom. The number of carbonyl (C=O) groups is 1. The third kappa shape index (κ3) is 3.85. The van der Waals surface area contributed by atoms with Crippen LogP contribution in [0, 0.1) is 11.3 Å². The SMILES string of the molecule is COc1ccc(C(=C[C@]23COC[C@@H](C[C@@H]2c2ccccc2)C3=O)c2ccc(OC)cc2)cc1. The zero-order valence-electron chi connectivity index (χ0n) is 19.0. The van der Waals surface area contributed by atoms with Crippen LogP contribution in [0.25, 0.3) is 5.57 Å². The first-order valence-corrected chi connectivity index (χ1v) is 11.3. The van der Waals surface area contributed by atoms with E-state index in [4.69, 9.17) is 14.2 Å². The summed E-state index contributed by atoms with van der Waals surface area (Å²) in [7, 11) is 3.32. The summed E-state index contributed by atoms with van der Waals surface area (Å²) in [4.78, 5) is 13.7. The van der Waals surface area contributed by atoms with Gasteiger partial charge < -0.3 is 14.2 Å². The first kappa shape index (κ1) is 21.5. The summed E-state index contributed by atoms with van der Waals surface area (Å²) in [5, 5.41) is 0. The van der Waals surface area contributed by atoms with Gasteiger partial charge in [-0.05, 0) is 52.9 Å². The van der Waals surface area contributed by atoms with Crippen LogP contribution in [0.3, 0.4) is 0 Å². The summed E-state index contributed by atoms with van der Waals surface area (Å²) < 4.78 is 16.8. The molecule has 1 saturated heterocycles. The van der Waals surface area contributed by atoms with E-state index >= 15 is 0 Å². The van der Waals surface area contributed by atoms with E-state index in [0.29, 0.717) is 19.0 Å². The number of rotatable bonds is 6. The number of ketones is 1. The van der Waals surface area contributed by atoms with E-state index < -0.39 is 5.41 Å². The Labute approximate surface area is 194 Å². The number of carbonyl (C=O) groups excluding carboxylic acids is 1. The van der Waals surface area contributed by atoms with Crippen molar-refractivity contribution in [3.8, 4) is 11.5 Å². The Hall–Kier alpha value is -3.37. The maximum absolute atomic E-state index is 13.7. The number of benzene rings is 3. The number of methoxy groups -OCH3 is 2. The van der Waals surface area contributed by atoms with E-state index in [1.165, 1.54) is 5.56 Å². The first-order chi connectivity index (χ1) is 16.1. The maximum atomic E-state index is 13.7. The number of ether oxygens (including phenoxy) is 3. The Kier molecular flexibility index (Phi) is 5.77. The molecule has 4 heteroatoms. The molecule has 0 unspecified atom stereocenters. The minimum Gasteiger partial charge on any atom is -0.497 e. The van der Waals surface area contributed by atoms with Crippen molar-refractivity contribution in [3.63, 3.8) is 0 Å².